The van der Waals surface area contributed by atoms with Crippen molar-refractivity contribution in [2.24, 2.45) is 0 Å². The molecule has 0 aromatic rings. The van der Waals surface area contributed by atoms with E-state index < -0.39 is 0 Å². The summed E-state index contributed by atoms with van der Waals surface area (Å²) in [5.41, 5.74) is 0. The third-order valence-corrected chi connectivity index (χ3v) is 1.74. The van der Waals surface area contributed by atoms with E-state index >= 15 is 0 Å². The summed E-state index contributed by atoms with van der Waals surface area (Å²) in [5.74, 6) is 0. The first-order chi connectivity index (χ1) is 4.33. The minimum Gasteiger partial charge on any atom is -0.193 e. The molecule has 0 saturated carbocycles. The average molecular weight is 141 g/mol. The monoisotopic (exact) mass is 141 g/mol. The fraction of sp³-hybridized carbons (Fsp3) is 0.571. The molecule has 0 unspecified atom stereocenters. The van der Waals surface area contributed by atoms with Gasteiger partial charge in [0.1, 0.15) is 0 Å². The van der Waals surface area contributed by atoms with Crippen LogP contribution < -0.4 is 0 Å². The second-order valence-electron chi connectivity index (χ2n) is 1.63. The molecule has 2 heteroatoms. The smallest absolute Gasteiger partial charge is 0.0908 e. The molecule has 0 rings (SSSR count). The molecule has 0 heterocycles. The van der Waals surface area contributed by atoms with Gasteiger partial charge in [-0.1, -0.05) is 25.5 Å². The number of allylic oxidation sites excluding steroid dienone is 2. The molecule has 0 bridgehead atoms. The molecule has 0 aliphatic heterocycles. The molecule has 0 N–H and O–H groups in total. The van der Waals surface area contributed by atoms with E-state index in [2.05, 4.69) is 6.92 Å². The highest BCUT2D eigenvalue weighted by Crippen LogP contribution is 1.73. The Balaban J connectivity index is 0. The molecule has 0 saturated heterocycles. The fourth-order valence-corrected chi connectivity index (χ4v) is 0.0745. The van der Waals surface area contributed by atoms with Crippen LogP contribution in [0.25, 0.3) is 0 Å². The Hall–Kier alpha value is -0.553. The highest BCUT2D eigenvalue weighted by molar-refractivity contribution is 6.08. The summed E-state index contributed by atoms with van der Waals surface area (Å²) in [4.78, 5) is 0. The SMILES string of the molecule is CC=CC#N.CCC[SiH3]. The lowest BCUT2D eigenvalue weighted by Crippen LogP contribution is -1.55. The third-order valence-electron chi connectivity index (χ3n) is 0.741. The second kappa shape index (κ2) is 15.7. The number of hydrogen-bond donors (Lipinski definition) is 0. The maximum Gasteiger partial charge on any atom is 0.0908 e. The van der Waals surface area contributed by atoms with E-state index in [0.717, 1.165) is 0 Å². The molecule has 0 aliphatic carbocycles. The molecule has 0 aromatic carbocycles. The van der Waals surface area contributed by atoms with Crippen molar-refractivity contribution < 1.29 is 0 Å². The molecule has 52 valence electrons. The topological polar surface area (TPSA) is 23.8 Å². The van der Waals surface area contributed by atoms with Gasteiger partial charge in [-0.15, -0.1) is 0 Å². The van der Waals surface area contributed by atoms with E-state index in [9.17, 15) is 0 Å². The van der Waals surface area contributed by atoms with Gasteiger partial charge in [0, 0.05) is 16.3 Å². The van der Waals surface area contributed by atoms with Crippen LogP contribution in [0, 0.1) is 11.3 Å². The van der Waals surface area contributed by atoms with Crippen LogP contribution in [0.1, 0.15) is 20.3 Å². The van der Waals surface area contributed by atoms with Crippen LogP contribution >= 0.6 is 0 Å². The maximum absolute atomic E-state index is 7.73. The van der Waals surface area contributed by atoms with Gasteiger partial charge in [-0.2, -0.15) is 5.26 Å². The first kappa shape index (κ1) is 11.3. The molecule has 0 aromatic heterocycles. The van der Waals surface area contributed by atoms with E-state index in [0.29, 0.717) is 0 Å². The van der Waals surface area contributed by atoms with Crippen molar-refractivity contribution in [3.05, 3.63) is 12.2 Å². The van der Waals surface area contributed by atoms with E-state index in [1.807, 2.05) is 13.0 Å². The maximum atomic E-state index is 7.73. The van der Waals surface area contributed by atoms with E-state index in [1.54, 1.807) is 6.08 Å². The van der Waals surface area contributed by atoms with Crippen molar-refractivity contribution in [2.75, 3.05) is 0 Å². The Morgan fingerprint density at radius 1 is 1.67 bits per heavy atom. The zero-order valence-corrected chi connectivity index (χ0v) is 8.52. The lowest BCUT2D eigenvalue weighted by molar-refractivity contribution is 1.08. The zero-order chi connectivity index (χ0) is 7.54. The summed E-state index contributed by atoms with van der Waals surface area (Å²) in [6.07, 6.45) is 4.51. The Labute approximate surface area is 60.8 Å². The highest BCUT2D eigenvalue weighted by atomic mass is 28.1. The van der Waals surface area contributed by atoms with E-state index in [4.69, 9.17) is 5.26 Å². The number of rotatable bonds is 1. The first-order valence-corrected chi connectivity index (χ1v) is 4.75. The van der Waals surface area contributed by atoms with Crippen molar-refractivity contribution >= 4 is 10.2 Å². The molecule has 0 aliphatic rings. The normalized spacial score (nSPS) is 8.11. The quantitative estimate of drug-likeness (QED) is 0.398. The molecular formula is C7H15NSi. The van der Waals surface area contributed by atoms with Gasteiger partial charge in [0.05, 0.1) is 6.07 Å². The molecular weight excluding hydrogens is 126 g/mol. The molecule has 0 radical (unpaired) electrons. The Kier molecular flexibility index (Phi) is 19.6. The van der Waals surface area contributed by atoms with Gasteiger partial charge >= 0.3 is 0 Å². The van der Waals surface area contributed by atoms with E-state index in [1.165, 1.54) is 28.8 Å². The third kappa shape index (κ3) is 36.9. The highest BCUT2D eigenvalue weighted by Gasteiger charge is 1.57. The van der Waals surface area contributed by atoms with Crippen LogP contribution in [0.5, 0.6) is 0 Å². The van der Waals surface area contributed by atoms with Gasteiger partial charge in [0.25, 0.3) is 0 Å². The van der Waals surface area contributed by atoms with Gasteiger partial charge < -0.3 is 0 Å². The van der Waals surface area contributed by atoms with Crippen molar-refractivity contribution in [3.63, 3.8) is 0 Å². The Bertz CT molecular complexity index is 89.6. The van der Waals surface area contributed by atoms with Gasteiger partial charge in [0.2, 0.25) is 0 Å². The number of hydrogen-bond acceptors (Lipinski definition) is 1. The van der Waals surface area contributed by atoms with Crippen LogP contribution in [-0.2, 0) is 0 Å². The summed E-state index contributed by atoms with van der Waals surface area (Å²) in [6, 6.07) is 3.30. The van der Waals surface area contributed by atoms with Crippen molar-refractivity contribution in [1.82, 2.24) is 0 Å². The van der Waals surface area contributed by atoms with Crippen molar-refractivity contribution in [3.8, 4) is 6.07 Å². The molecule has 1 nitrogen and oxygen atoms in total. The summed E-state index contributed by atoms with van der Waals surface area (Å²) in [7, 11) is 1.39. The summed E-state index contributed by atoms with van der Waals surface area (Å²) < 4.78 is 0. The largest absolute Gasteiger partial charge is 0.193 e. The summed E-state index contributed by atoms with van der Waals surface area (Å²) in [5, 5.41) is 7.73. The Morgan fingerprint density at radius 2 is 2.11 bits per heavy atom. The van der Waals surface area contributed by atoms with Gasteiger partial charge in [-0.25, -0.2) is 0 Å². The zero-order valence-electron chi connectivity index (χ0n) is 6.52. The van der Waals surface area contributed by atoms with Crippen LogP contribution in [0.15, 0.2) is 12.2 Å². The van der Waals surface area contributed by atoms with Gasteiger partial charge in [0.15, 0.2) is 0 Å². The Morgan fingerprint density at radius 3 is 2.11 bits per heavy atom. The van der Waals surface area contributed by atoms with Crippen molar-refractivity contribution in [1.29, 1.82) is 5.26 Å². The molecule has 9 heavy (non-hydrogen) atoms. The van der Waals surface area contributed by atoms with Crippen LogP contribution in [0.2, 0.25) is 6.04 Å². The molecule has 0 fully saturated rings. The number of nitrogens with zero attached hydrogens (tertiary/aromatic N) is 1. The summed E-state index contributed by atoms with van der Waals surface area (Å²) >= 11 is 0. The summed E-state index contributed by atoms with van der Waals surface area (Å²) in [6.45, 7) is 4.02. The molecule has 0 amide bonds. The van der Waals surface area contributed by atoms with Crippen LogP contribution in [0.4, 0.5) is 0 Å². The minimum absolute atomic E-state index is 1.38. The predicted molar refractivity (Wildman–Crippen MR) is 45.5 cm³/mol. The van der Waals surface area contributed by atoms with Gasteiger partial charge in [-0.3, -0.25) is 0 Å². The predicted octanol–water partition coefficient (Wildman–Crippen LogP) is 1.27. The fourth-order valence-electron chi connectivity index (χ4n) is 0.0745. The lowest BCUT2D eigenvalue weighted by atomic mass is 10.6. The number of nitriles is 1. The van der Waals surface area contributed by atoms with Crippen LogP contribution in [-0.4, -0.2) is 10.2 Å². The average Bonchev–Trinajstić information content (AvgIpc) is 1.91. The first-order valence-electron chi connectivity index (χ1n) is 3.34. The van der Waals surface area contributed by atoms with Crippen molar-refractivity contribution in [2.45, 2.75) is 26.3 Å². The van der Waals surface area contributed by atoms with E-state index in [-0.39, 0.29) is 0 Å². The minimum atomic E-state index is 1.38. The molecule has 0 atom stereocenters. The van der Waals surface area contributed by atoms with Crippen LogP contribution in [0.3, 0.4) is 0 Å². The lowest BCUT2D eigenvalue weighted by Gasteiger charge is -1.67. The molecule has 0 spiro atoms. The van der Waals surface area contributed by atoms with Gasteiger partial charge in [-0.05, 0) is 6.92 Å². The second-order valence-corrected chi connectivity index (χ2v) is 2.63. The standard InChI is InChI=1S/C4H5N.C3H10Si/c1-2-3-4-5;1-2-3-4/h2-3H,1H3;2-3H2,1,4H3.